The third-order valence-electron chi connectivity index (χ3n) is 3.60. The van der Waals surface area contributed by atoms with Crippen LogP contribution in [-0.2, 0) is 4.79 Å². The van der Waals surface area contributed by atoms with E-state index in [0.29, 0.717) is 17.5 Å². The molecule has 27 heavy (non-hydrogen) atoms. The van der Waals surface area contributed by atoms with Crippen molar-refractivity contribution in [2.24, 2.45) is 0 Å². The summed E-state index contributed by atoms with van der Waals surface area (Å²) in [6.07, 6.45) is -0.695. The molecule has 0 bridgehead atoms. The van der Waals surface area contributed by atoms with Crippen molar-refractivity contribution in [3.8, 4) is 11.5 Å². The van der Waals surface area contributed by atoms with Gasteiger partial charge in [-0.05, 0) is 87.4 Å². The maximum absolute atomic E-state index is 12.2. The molecule has 6 nitrogen and oxygen atoms in total. The maximum Gasteiger partial charge on any atom is 0.279 e. The number of nitrogens with one attached hydrogen (secondary N) is 3. The third-order valence-corrected chi connectivity index (χ3v) is 3.80. The molecule has 0 aliphatic heterocycles. The van der Waals surface area contributed by atoms with E-state index in [9.17, 15) is 4.79 Å². The molecule has 0 heterocycles. The van der Waals surface area contributed by atoms with Gasteiger partial charge < -0.3 is 14.8 Å². The van der Waals surface area contributed by atoms with E-state index in [-0.39, 0.29) is 5.91 Å². The molecule has 2 aromatic carbocycles. The summed E-state index contributed by atoms with van der Waals surface area (Å²) in [4.78, 5) is 12.2. The zero-order valence-electron chi connectivity index (χ0n) is 16.0. The Morgan fingerprint density at radius 2 is 1.63 bits per heavy atom. The van der Waals surface area contributed by atoms with Crippen LogP contribution in [0.4, 0.5) is 5.69 Å². The number of anilines is 1. The summed E-state index contributed by atoms with van der Waals surface area (Å²) < 4.78 is 11.0. The summed E-state index contributed by atoms with van der Waals surface area (Å²) in [7, 11) is 0. The number of amides is 1. The predicted octanol–water partition coefficient (Wildman–Crippen LogP) is 3.49. The quantitative estimate of drug-likeness (QED) is 0.521. The average Bonchev–Trinajstić information content (AvgIpc) is 2.60. The van der Waals surface area contributed by atoms with E-state index in [0.717, 1.165) is 22.6 Å². The van der Waals surface area contributed by atoms with Crippen molar-refractivity contribution in [1.29, 1.82) is 0 Å². The summed E-state index contributed by atoms with van der Waals surface area (Å²) in [5, 5.41) is 3.33. The molecular weight excluding hydrogens is 362 g/mol. The van der Waals surface area contributed by atoms with Gasteiger partial charge in [-0.25, -0.2) is 0 Å². The largest absolute Gasteiger partial charge is 0.494 e. The van der Waals surface area contributed by atoms with Crippen molar-refractivity contribution in [2.45, 2.75) is 33.8 Å². The van der Waals surface area contributed by atoms with Crippen LogP contribution < -0.4 is 25.6 Å². The fraction of sp³-hybridized carbons (Fsp3) is 0.300. The molecule has 0 aliphatic carbocycles. The molecule has 2 rings (SSSR count). The Hall–Kier alpha value is -2.80. The van der Waals surface area contributed by atoms with Crippen molar-refractivity contribution in [3.63, 3.8) is 0 Å². The molecule has 0 aromatic heterocycles. The number of hydrogen-bond donors (Lipinski definition) is 3. The number of carbonyl (C=O) groups is 1. The Kier molecular flexibility index (Phi) is 7.43. The van der Waals surface area contributed by atoms with Gasteiger partial charge in [0.25, 0.3) is 5.91 Å². The summed E-state index contributed by atoms with van der Waals surface area (Å²) in [6, 6.07) is 13.1. The van der Waals surface area contributed by atoms with Gasteiger partial charge >= 0.3 is 0 Å². The molecule has 0 saturated carbocycles. The first-order valence-electron chi connectivity index (χ1n) is 8.72. The molecule has 0 spiro atoms. The lowest BCUT2D eigenvalue weighted by molar-refractivity contribution is -0.127. The summed E-state index contributed by atoms with van der Waals surface area (Å²) in [5.41, 5.74) is 8.34. The highest BCUT2D eigenvalue weighted by atomic mass is 32.1. The van der Waals surface area contributed by atoms with Crippen LogP contribution in [-0.4, -0.2) is 23.7 Å². The molecule has 0 radical (unpaired) electrons. The number of rotatable bonds is 6. The molecule has 7 heteroatoms. The van der Waals surface area contributed by atoms with Gasteiger partial charge in [-0.15, -0.1) is 0 Å². The molecule has 0 aliphatic rings. The van der Waals surface area contributed by atoms with Gasteiger partial charge in [0.15, 0.2) is 11.2 Å². The van der Waals surface area contributed by atoms with Crippen LogP contribution in [0.15, 0.2) is 42.5 Å². The van der Waals surface area contributed by atoms with Crippen molar-refractivity contribution in [1.82, 2.24) is 10.9 Å². The van der Waals surface area contributed by atoms with E-state index in [1.54, 1.807) is 31.2 Å². The normalized spacial score (nSPS) is 11.3. The fourth-order valence-corrected chi connectivity index (χ4v) is 2.64. The Morgan fingerprint density at radius 3 is 2.22 bits per heavy atom. The molecule has 144 valence electrons. The zero-order chi connectivity index (χ0) is 19.8. The standard InChI is InChI=1S/C20H25N3O3S/c1-5-25-17-6-8-18(9-7-17)26-15(4)19(24)22-23-20(27)21-16-11-13(2)10-14(3)12-16/h6-12,15H,5H2,1-4H3,(H,22,24)(H2,21,23,27)/t15-/m0/s1. The van der Waals surface area contributed by atoms with Crippen LogP contribution in [0.5, 0.6) is 11.5 Å². The Balaban J connectivity index is 1.80. The van der Waals surface area contributed by atoms with E-state index in [4.69, 9.17) is 21.7 Å². The monoisotopic (exact) mass is 387 g/mol. The van der Waals surface area contributed by atoms with Gasteiger partial charge in [0.1, 0.15) is 11.5 Å². The van der Waals surface area contributed by atoms with Gasteiger partial charge in [0.05, 0.1) is 6.61 Å². The Bertz CT molecular complexity index is 773. The van der Waals surface area contributed by atoms with Gasteiger partial charge in [-0.2, -0.15) is 0 Å². The van der Waals surface area contributed by atoms with Crippen molar-refractivity contribution < 1.29 is 14.3 Å². The lowest BCUT2D eigenvalue weighted by Gasteiger charge is -2.17. The maximum atomic E-state index is 12.2. The van der Waals surface area contributed by atoms with Crippen LogP contribution in [0, 0.1) is 13.8 Å². The molecular formula is C20H25N3O3S. The first-order chi connectivity index (χ1) is 12.9. The van der Waals surface area contributed by atoms with E-state index < -0.39 is 6.10 Å². The number of aryl methyl sites for hydroxylation is 2. The minimum atomic E-state index is -0.695. The number of hydrogen-bond acceptors (Lipinski definition) is 4. The summed E-state index contributed by atoms with van der Waals surface area (Å²) >= 11 is 5.20. The Labute approximate surface area is 165 Å². The van der Waals surface area contributed by atoms with Crippen LogP contribution >= 0.6 is 12.2 Å². The van der Waals surface area contributed by atoms with Crippen LogP contribution in [0.1, 0.15) is 25.0 Å². The van der Waals surface area contributed by atoms with Crippen LogP contribution in [0.3, 0.4) is 0 Å². The smallest absolute Gasteiger partial charge is 0.279 e. The number of thiocarbonyl (C=S) groups is 1. The number of ether oxygens (including phenoxy) is 2. The second-order valence-electron chi connectivity index (χ2n) is 6.11. The van der Waals surface area contributed by atoms with E-state index in [1.807, 2.05) is 32.9 Å². The second kappa shape index (κ2) is 9.78. The lowest BCUT2D eigenvalue weighted by Crippen LogP contribution is -2.48. The minimum absolute atomic E-state index is 0.293. The van der Waals surface area contributed by atoms with Crippen LogP contribution in [0.2, 0.25) is 0 Å². The highest BCUT2D eigenvalue weighted by molar-refractivity contribution is 7.80. The third kappa shape index (κ3) is 6.79. The second-order valence-corrected chi connectivity index (χ2v) is 6.52. The van der Waals surface area contributed by atoms with E-state index >= 15 is 0 Å². The van der Waals surface area contributed by atoms with Gasteiger partial charge in [-0.1, -0.05) is 6.07 Å². The summed E-state index contributed by atoms with van der Waals surface area (Å²) in [5.74, 6) is 0.997. The molecule has 2 aromatic rings. The SMILES string of the molecule is CCOc1ccc(O[C@@H](C)C(=O)NNC(=S)Nc2cc(C)cc(C)c2)cc1. The van der Waals surface area contributed by atoms with Gasteiger partial charge in [-0.3, -0.25) is 15.6 Å². The average molecular weight is 388 g/mol. The van der Waals surface area contributed by atoms with E-state index in [1.165, 1.54) is 0 Å². The molecule has 3 N–H and O–H groups in total. The molecule has 0 saturated heterocycles. The van der Waals surface area contributed by atoms with Crippen molar-refractivity contribution in [2.75, 3.05) is 11.9 Å². The first kappa shape index (κ1) is 20.5. The zero-order valence-corrected chi connectivity index (χ0v) is 16.8. The lowest BCUT2D eigenvalue weighted by atomic mass is 10.1. The number of hydrazine groups is 1. The molecule has 0 unspecified atom stereocenters. The fourth-order valence-electron chi connectivity index (χ4n) is 2.47. The van der Waals surface area contributed by atoms with Gasteiger partial charge in [0, 0.05) is 5.69 Å². The predicted molar refractivity (Wildman–Crippen MR) is 111 cm³/mol. The first-order valence-corrected chi connectivity index (χ1v) is 9.13. The highest BCUT2D eigenvalue weighted by Crippen LogP contribution is 2.18. The summed E-state index contributed by atoms with van der Waals surface area (Å²) in [6.45, 7) is 8.20. The molecule has 1 atom stereocenters. The molecule has 0 fully saturated rings. The topological polar surface area (TPSA) is 71.6 Å². The Morgan fingerprint density at radius 1 is 1.04 bits per heavy atom. The molecule has 1 amide bonds. The minimum Gasteiger partial charge on any atom is -0.494 e. The van der Waals surface area contributed by atoms with Gasteiger partial charge in [0.2, 0.25) is 0 Å². The number of carbonyl (C=O) groups excluding carboxylic acids is 1. The van der Waals surface area contributed by atoms with E-state index in [2.05, 4.69) is 22.2 Å². The highest BCUT2D eigenvalue weighted by Gasteiger charge is 2.15. The van der Waals surface area contributed by atoms with Crippen molar-refractivity contribution >= 4 is 28.9 Å². The number of benzene rings is 2. The van der Waals surface area contributed by atoms with Crippen LogP contribution in [0.25, 0.3) is 0 Å². The van der Waals surface area contributed by atoms with Crippen molar-refractivity contribution in [3.05, 3.63) is 53.6 Å².